The summed E-state index contributed by atoms with van der Waals surface area (Å²) in [4.78, 5) is 12.9. The molecular formula is C17H19N3O4S. The monoisotopic (exact) mass is 361 g/mol. The molecule has 0 bridgehead atoms. The van der Waals surface area contributed by atoms with Crippen LogP contribution in [-0.4, -0.2) is 43.8 Å². The molecular weight excluding hydrogens is 342 g/mol. The summed E-state index contributed by atoms with van der Waals surface area (Å²) in [6, 6.07) is 13.3. The second-order valence-electron chi connectivity index (χ2n) is 5.95. The Labute approximate surface area is 146 Å². The maximum atomic E-state index is 12.7. The summed E-state index contributed by atoms with van der Waals surface area (Å²) < 4.78 is 26.9. The van der Waals surface area contributed by atoms with E-state index in [0.29, 0.717) is 31.9 Å². The van der Waals surface area contributed by atoms with Crippen LogP contribution in [0.25, 0.3) is 0 Å². The third-order valence-electron chi connectivity index (χ3n) is 4.32. The third-order valence-corrected chi connectivity index (χ3v) is 6.23. The number of rotatable bonds is 4. The van der Waals surface area contributed by atoms with E-state index < -0.39 is 14.9 Å². The highest BCUT2D eigenvalue weighted by atomic mass is 32.2. The molecule has 3 rings (SSSR count). The van der Waals surface area contributed by atoms with Gasteiger partial charge < -0.3 is 4.90 Å². The van der Waals surface area contributed by atoms with Gasteiger partial charge in [-0.25, -0.2) is 8.42 Å². The predicted octanol–water partition coefficient (Wildman–Crippen LogP) is 2.41. The summed E-state index contributed by atoms with van der Waals surface area (Å²) in [6.07, 6.45) is 0. The highest BCUT2D eigenvalue weighted by Gasteiger charge is 2.30. The molecule has 0 radical (unpaired) electrons. The van der Waals surface area contributed by atoms with E-state index in [9.17, 15) is 18.5 Å². The van der Waals surface area contributed by atoms with E-state index in [4.69, 9.17) is 0 Å². The Hall–Kier alpha value is -2.45. The zero-order chi connectivity index (χ0) is 18.0. The minimum atomic E-state index is -3.54. The van der Waals surface area contributed by atoms with Crippen molar-refractivity contribution < 1.29 is 13.3 Å². The molecule has 0 unspecified atom stereocenters. The Morgan fingerprint density at radius 1 is 0.960 bits per heavy atom. The van der Waals surface area contributed by atoms with E-state index in [1.807, 2.05) is 11.8 Å². The Morgan fingerprint density at radius 3 is 2.16 bits per heavy atom. The van der Waals surface area contributed by atoms with Gasteiger partial charge in [-0.2, -0.15) is 4.31 Å². The highest BCUT2D eigenvalue weighted by molar-refractivity contribution is 7.89. The first-order chi connectivity index (χ1) is 11.9. The molecule has 1 fully saturated rings. The van der Waals surface area contributed by atoms with Gasteiger partial charge in [-0.15, -0.1) is 0 Å². The van der Waals surface area contributed by atoms with Gasteiger partial charge >= 0.3 is 0 Å². The quantitative estimate of drug-likeness (QED) is 0.617. The number of benzene rings is 2. The molecule has 132 valence electrons. The fourth-order valence-corrected chi connectivity index (χ4v) is 4.34. The van der Waals surface area contributed by atoms with Crippen LogP contribution < -0.4 is 4.90 Å². The van der Waals surface area contributed by atoms with Gasteiger partial charge in [0, 0.05) is 32.2 Å². The van der Waals surface area contributed by atoms with Gasteiger partial charge in [0.2, 0.25) is 10.0 Å². The SMILES string of the molecule is Cc1ccc(S(=O)(=O)N2CCN(c3ccccc3[N+](=O)[O-])CC2)cc1. The summed E-state index contributed by atoms with van der Waals surface area (Å²) in [6.45, 7) is 3.32. The van der Waals surface area contributed by atoms with Crippen molar-refractivity contribution in [1.29, 1.82) is 0 Å². The maximum Gasteiger partial charge on any atom is 0.292 e. The Balaban J connectivity index is 1.76. The Bertz CT molecular complexity index is 873. The average Bonchev–Trinajstić information content (AvgIpc) is 2.62. The fourth-order valence-electron chi connectivity index (χ4n) is 2.91. The van der Waals surface area contributed by atoms with Gasteiger partial charge in [-0.3, -0.25) is 10.1 Å². The molecule has 0 aliphatic carbocycles. The van der Waals surface area contributed by atoms with E-state index in [0.717, 1.165) is 5.56 Å². The van der Waals surface area contributed by atoms with Crippen LogP contribution in [0.2, 0.25) is 0 Å². The van der Waals surface area contributed by atoms with Gasteiger partial charge in [0.25, 0.3) is 5.69 Å². The summed E-state index contributed by atoms with van der Waals surface area (Å²) in [5.74, 6) is 0. The van der Waals surface area contributed by atoms with Crippen LogP contribution in [0.15, 0.2) is 53.4 Å². The molecule has 1 saturated heterocycles. The van der Waals surface area contributed by atoms with Crippen molar-refractivity contribution in [3.05, 3.63) is 64.2 Å². The van der Waals surface area contributed by atoms with Crippen molar-refractivity contribution in [1.82, 2.24) is 4.31 Å². The molecule has 8 heteroatoms. The Kier molecular flexibility index (Phi) is 4.73. The van der Waals surface area contributed by atoms with Crippen LogP contribution in [0.1, 0.15) is 5.56 Å². The molecule has 0 aromatic heterocycles. The van der Waals surface area contributed by atoms with E-state index in [2.05, 4.69) is 0 Å². The molecule has 0 spiro atoms. The van der Waals surface area contributed by atoms with Crippen LogP contribution in [0, 0.1) is 17.0 Å². The summed E-state index contributed by atoms with van der Waals surface area (Å²) >= 11 is 0. The van der Waals surface area contributed by atoms with E-state index in [-0.39, 0.29) is 10.6 Å². The lowest BCUT2D eigenvalue weighted by Gasteiger charge is -2.35. The third kappa shape index (κ3) is 3.49. The summed E-state index contributed by atoms with van der Waals surface area (Å²) in [5.41, 5.74) is 1.57. The molecule has 0 amide bonds. The van der Waals surface area contributed by atoms with Gasteiger partial charge in [-0.05, 0) is 25.1 Å². The van der Waals surface area contributed by atoms with Crippen molar-refractivity contribution in [3.63, 3.8) is 0 Å². The van der Waals surface area contributed by atoms with Gasteiger partial charge in [0.1, 0.15) is 5.69 Å². The lowest BCUT2D eigenvalue weighted by atomic mass is 10.2. The molecule has 7 nitrogen and oxygen atoms in total. The number of aryl methyl sites for hydroxylation is 1. The summed E-state index contributed by atoms with van der Waals surface area (Å²) in [5, 5.41) is 11.2. The van der Waals surface area contributed by atoms with Crippen LogP contribution in [0.3, 0.4) is 0 Å². The van der Waals surface area contributed by atoms with Crippen molar-refractivity contribution in [3.8, 4) is 0 Å². The van der Waals surface area contributed by atoms with Crippen LogP contribution in [0.4, 0.5) is 11.4 Å². The molecule has 1 aliphatic heterocycles. The number of para-hydroxylation sites is 2. The zero-order valence-corrected chi connectivity index (χ0v) is 14.6. The minimum Gasteiger partial charge on any atom is -0.363 e. The van der Waals surface area contributed by atoms with Crippen molar-refractivity contribution in [2.75, 3.05) is 31.1 Å². The van der Waals surface area contributed by atoms with Gasteiger partial charge in [-0.1, -0.05) is 29.8 Å². The molecule has 0 N–H and O–H groups in total. The first-order valence-corrected chi connectivity index (χ1v) is 9.39. The normalized spacial score (nSPS) is 16.0. The smallest absolute Gasteiger partial charge is 0.292 e. The minimum absolute atomic E-state index is 0.0392. The molecule has 2 aromatic rings. The van der Waals surface area contributed by atoms with Gasteiger partial charge in [0.05, 0.1) is 9.82 Å². The fraction of sp³-hybridized carbons (Fsp3) is 0.294. The second-order valence-corrected chi connectivity index (χ2v) is 7.89. The molecule has 0 atom stereocenters. The number of nitro benzene ring substituents is 1. The Morgan fingerprint density at radius 2 is 1.56 bits per heavy atom. The average molecular weight is 361 g/mol. The van der Waals surface area contributed by atoms with Gasteiger partial charge in [0.15, 0.2) is 0 Å². The highest BCUT2D eigenvalue weighted by Crippen LogP contribution is 2.29. The number of hydrogen-bond donors (Lipinski definition) is 0. The maximum absolute atomic E-state index is 12.7. The first kappa shape index (κ1) is 17.4. The predicted molar refractivity (Wildman–Crippen MR) is 95.2 cm³/mol. The lowest BCUT2D eigenvalue weighted by molar-refractivity contribution is -0.384. The number of anilines is 1. The summed E-state index contributed by atoms with van der Waals surface area (Å²) in [7, 11) is -3.54. The number of sulfonamides is 1. The number of piperazine rings is 1. The zero-order valence-electron chi connectivity index (χ0n) is 13.8. The van der Waals surface area contributed by atoms with Crippen LogP contribution in [-0.2, 0) is 10.0 Å². The first-order valence-electron chi connectivity index (χ1n) is 7.95. The van der Waals surface area contributed by atoms with E-state index in [1.54, 1.807) is 42.5 Å². The molecule has 1 heterocycles. The van der Waals surface area contributed by atoms with Crippen molar-refractivity contribution in [2.45, 2.75) is 11.8 Å². The molecule has 0 saturated carbocycles. The molecule has 1 aliphatic rings. The second kappa shape index (κ2) is 6.81. The molecule has 25 heavy (non-hydrogen) atoms. The molecule has 2 aromatic carbocycles. The van der Waals surface area contributed by atoms with Crippen LogP contribution in [0.5, 0.6) is 0 Å². The van der Waals surface area contributed by atoms with Crippen LogP contribution >= 0.6 is 0 Å². The topological polar surface area (TPSA) is 83.8 Å². The number of nitrogens with zero attached hydrogens (tertiary/aromatic N) is 3. The standard InChI is InChI=1S/C17H19N3O4S/c1-14-6-8-15(9-7-14)25(23,24)19-12-10-18(11-13-19)16-4-2-3-5-17(16)20(21)22/h2-9H,10-13H2,1H3. The van der Waals surface area contributed by atoms with Crippen molar-refractivity contribution >= 4 is 21.4 Å². The van der Waals surface area contributed by atoms with E-state index >= 15 is 0 Å². The number of hydrogen-bond acceptors (Lipinski definition) is 5. The largest absolute Gasteiger partial charge is 0.363 e. The van der Waals surface area contributed by atoms with E-state index in [1.165, 1.54) is 10.4 Å². The lowest BCUT2D eigenvalue weighted by Crippen LogP contribution is -2.48. The van der Waals surface area contributed by atoms with Crippen molar-refractivity contribution in [2.24, 2.45) is 0 Å². The number of nitro groups is 1.